The number of rotatable bonds is 3. The first-order chi connectivity index (χ1) is 10.7. The van der Waals surface area contributed by atoms with Gasteiger partial charge >= 0.3 is 5.97 Å². The molecule has 3 nitrogen and oxygen atoms in total. The molecule has 1 saturated heterocycles. The maximum Gasteiger partial charge on any atom is 0.311 e. The van der Waals surface area contributed by atoms with Gasteiger partial charge in [-0.1, -0.05) is 30.3 Å². The number of halogens is 1. The lowest BCUT2D eigenvalue weighted by Crippen LogP contribution is -2.28. The third-order valence-electron chi connectivity index (χ3n) is 4.20. The second-order valence-corrected chi connectivity index (χ2v) is 5.44. The highest BCUT2D eigenvalue weighted by Gasteiger charge is 2.40. The lowest BCUT2D eigenvalue weighted by Gasteiger charge is -2.29. The molecule has 0 bridgehead atoms. The lowest BCUT2D eigenvalue weighted by atomic mass is 9.93. The molecule has 1 fully saturated rings. The Morgan fingerprint density at radius 1 is 1.14 bits per heavy atom. The zero-order valence-corrected chi connectivity index (χ0v) is 12.4. The maximum absolute atomic E-state index is 13.2. The van der Waals surface area contributed by atoms with Crippen LogP contribution in [-0.4, -0.2) is 19.6 Å². The molecule has 2 aromatic carbocycles. The number of methoxy groups -OCH3 is 1. The van der Waals surface area contributed by atoms with E-state index < -0.39 is 0 Å². The van der Waals surface area contributed by atoms with Crippen molar-refractivity contribution >= 4 is 11.7 Å². The van der Waals surface area contributed by atoms with Crippen molar-refractivity contribution < 1.29 is 13.9 Å². The molecule has 1 aliphatic heterocycles. The molecule has 0 saturated carbocycles. The van der Waals surface area contributed by atoms with E-state index in [2.05, 4.69) is 4.90 Å². The van der Waals surface area contributed by atoms with Gasteiger partial charge in [-0.2, -0.15) is 0 Å². The number of anilines is 1. The van der Waals surface area contributed by atoms with Crippen molar-refractivity contribution in [2.75, 3.05) is 18.6 Å². The number of nitrogens with zero attached hydrogens (tertiary/aromatic N) is 1. The van der Waals surface area contributed by atoms with Crippen molar-refractivity contribution in [2.24, 2.45) is 5.92 Å². The average Bonchev–Trinajstić information content (AvgIpc) is 3.00. The van der Waals surface area contributed by atoms with Crippen LogP contribution in [0.3, 0.4) is 0 Å². The summed E-state index contributed by atoms with van der Waals surface area (Å²) >= 11 is 0. The van der Waals surface area contributed by atoms with Gasteiger partial charge in [-0.15, -0.1) is 0 Å². The van der Waals surface area contributed by atoms with Crippen LogP contribution in [0.1, 0.15) is 18.0 Å². The zero-order valence-electron chi connectivity index (χ0n) is 12.4. The van der Waals surface area contributed by atoms with Gasteiger partial charge in [0.25, 0.3) is 0 Å². The molecule has 0 spiro atoms. The van der Waals surface area contributed by atoms with Crippen molar-refractivity contribution in [1.29, 1.82) is 0 Å². The van der Waals surface area contributed by atoms with Crippen molar-refractivity contribution in [3.05, 3.63) is 66.0 Å². The van der Waals surface area contributed by atoms with Crippen LogP contribution in [-0.2, 0) is 9.53 Å². The predicted octanol–water partition coefficient (Wildman–Crippen LogP) is 3.57. The predicted molar refractivity (Wildman–Crippen MR) is 83.1 cm³/mol. The normalized spacial score (nSPS) is 20.9. The second-order valence-electron chi connectivity index (χ2n) is 5.44. The van der Waals surface area contributed by atoms with Gasteiger partial charge in [-0.3, -0.25) is 4.79 Å². The van der Waals surface area contributed by atoms with Gasteiger partial charge in [0.15, 0.2) is 0 Å². The number of carbonyl (C=O) groups is 1. The summed E-state index contributed by atoms with van der Waals surface area (Å²) in [6, 6.07) is 16.2. The number of hydrogen-bond acceptors (Lipinski definition) is 3. The second kappa shape index (κ2) is 6.18. The Morgan fingerprint density at radius 2 is 1.82 bits per heavy atom. The molecule has 3 rings (SSSR count). The van der Waals surface area contributed by atoms with Crippen molar-refractivity contribution in [2.45, 2.75) is 12.5 Å². The third-order valence-corrected chi connectivity index (χ3v) is 4.20. The maximum atomic E-state index is 13.2. The zero-order chi connectivity index (χ0) is 15.5. The van der Waals surface area contributed by atoms with E-state index in [0.29, 0.717) is 0 Å². The van der Waals surface area contributed by atoms with E-state index in [1.807, 2.05) is 30.3 Å². The number of hydrogen-bond donors (Lipinski definition) is 0. The molecule has 4 heteroatoms. The van der Waals surface area contributed by atoms with Crippen LogP contribution in [0, 0.1) is 11.7 Å². The molecular weight excluding hydrogens is 281 g/mol. The van der Waals surface area contributed by atoms with Crippen LogP contribution in [0.4, 0.5) is 10.1 Å². The number of esters is 1. The molecule has 0 N–H and O–H groups in total. The van der Waals surface area contributed by atoms with Crippen LogP contribution in [0.2, 0.25) is 0 Å². The fraction of sp³-hybridized carbons (Fsp3) is 0.278. The van der Waals surface area contributed by atoms with Gasteiger partial charge in [-0.05, 0) is 36.2 Å². The fourth-order valence-electron chi connectivity index (χ4n) is 3.17. The van der Waals surface area contributed by atoms with Crippen LogP contribution < -0.4 is 4.90 Å². The monoisotopic (exact) mass is 299 g/mol. The first kappa shape index (κ1) is 14.6. The van der Waals surface area contributed by atoms with Crippen LogP contribution >= 0.6 is 0 Å². The van der Waals surface area contributed by atoms with Crippen molar-refractivity contribution in [3.8, 4) is 0 Å². The quantitative estimate of drug-likeness (QED) is 0.812. The fourth-order valence-corrected chi connectivity index (χ4v) is 3.17. The van der Waals surface area contributed by atoms with Gasteiger partial charge in [-0.25, -0.2) is 4.39 Å². The SMILES string of the molecule is COC(=O)C1CCN(c2ccccc2)C1c1ccc(F)cc1. The summed E-state index contributed by atoms with van der Waals surface area (Å²) in [6.45, 7) is 0.770. The Balaban J connectivity index is 1.99. The Hall–Kier alpha value is -2.36. The van der Waals surface area contributed by atoms with E-state index in [1.54, 1.807) is 12.1 Å². The molecule has 1 heterocycles. The van der Waals surface area contributed by atoms with Gasteiger partial charge < -0.3 is 9.64 Å². The van der Waals surface area contributed by atoms with Gasteiger partial charge in [0.2, 0.25) is 0 Å². The smallest absolute Gasteiger partial charge is 0.311 e. The molecule has 0 aliphatic carbocycles. The van der Waals surface area contributed by atoms with E-state index in [0.717, 1.165) is 24.2 Å². The standard InChI is InChI=1S/C18H18FNO2/c1-22-18(21)16-11-12-20(15-5-3-2-4-6-15)17(16)13-7-9-14(19)10-8-13/h2-10,16-17H,11-12H2,1H3. The summed E-state index contributed by atoms with van der Waals surface area (Å²) in [5.74, 6) is -0.731. The van der Waals surface area contributed by atoms with Gasteiger partial charge in [0.1, 0.15) is 5.82 Å². The van der Waals surface area contributed by atoms with Crippen LogP contribution in [0.5, 0.6) is 0 Å². The Labute approximate surface area is 129 Å². The highest BCUT2D eigenvalue weighted by atomic mass is 19.1. The average molecular weight is 299 g/mol. The molecule has 0 radical (unpaired) electrons. The molecule has 2 aromatic rings. The molecule has 2 unspecified atom stereocenters. The summed E-state index contributed by atoms with van der Waals surface area (Å²) in [4.78, 5) is 14.3. The summed E-state index contributed by atoms with van der Waals surface area (Å²) < 4.78 is 18.2. The number of para-hydroxylation sites is 1. The highest BCUT2D eigenvalue weighted by molar-refractivity contribution is 5.75. The topological polar surface area (TPSA) is 29.5 Å². The first-order valence-corrected chi connectivity index (χ1v) is 7.35. The molecular formula is C18H18FNO2. The molecule has 114 valence electrons. The molecule has 0 amide bonds. The van der Waals surface area contributed by atoms with Crippen molar-refractivity contribution in [3.63, 3.8) is 0 Å². The summed E-state index contributed by atoms with van der Waals surface area (Å²) in [6.07, 6.45) is 0.726. The molecule has 2 atom stereocenters. The summed E-state index contributed by atoms with van der Waals surface area (Å²) in [5.41, 5.74) is 1.99. The molecule has 22 heavy (non-hydrogen) atoms. The third kappa shape index (κ3) is 2.69. The minimum Gasteiger partial charge on any atom is -0.469 e. The van der Waals surface area contributed by atoms with E-state index >= 15 is 0 Å². The van der Waals surface area contributed by atoms with Crippen molar-refractivity contribution in [1.82, 2.24) is 0 Å². The minimum atomic E-state index is -0.275. The number of ether oxygens (including phenoxy) is 1. The van der Waals surface area contributed by atoms with E-state index in [1.165, 1.54) is 19.2 Å². The summed E-state index contributed by atoms with van der Waals surface area (Å²) in [5, 5.41) is 0. The minimum absolute atomic E-state index is 0.129. The van der Waals surface area contributed by atoms with Gasteiger partial charge in [0.05, 0.1) is 19.1 Å². The highest BCUT2D eigenvalue weighted by Crippen LogP contribution is 2.40. The van der Waals surface area contributed by atoms with Gasteiger partial charge in [0, 0.05) is 12.2 Å². The first-order valence-electron chi connectivity index (χ1n) is 7.35. The van der Waals surface area contributed by atoms with E-state index in [4.69, 9.17) is 4.74 Å². The lowest BCUT2D eigenvalue weighted by molar-refractivity contribution is -0.145. The van der Waals surface area contributed by atoms with E-state index in [9.17, 15) is 9.18 Å². The van der Waals surface area contributed by atoms with Crippen LogP contribution in [0.15, 0.2) is 54.6 Å². The number of benzene rings is 2. The summed E-state index contributed by atoms with van der Waals surface area (Å²) in [7, 11) is 1.41. The van der Waals surface area contributed by atoms with E-state index in [-0.39, 0.29) is 23.7 Å². The molecule has 0 aromatic heterocycles. The Morgan fingerprint density at radius 3 is 2.45 bits per heavy atom. The Kier molecular flexibility index (Phi) is 4.09. The Bertz CT molecular complexity index is 642. The van der Waals surface area contributed by atoms with Crippen LogP contribution in [0.25, 0.3) is 0 Å². The largest absolute Gasteiger partial charge is 0.469 e. The number of carbonyl (C=O) groups excluding carboxylic acids is 1. The molecule has 1 aliphatic rings.